The SMILES string of the molecule is NC(=O)C(c1ccccc1)(c1ccccc1)C1CCN(CCc2ccc3c(c2)OCC3)C1. The van der Waals surface area contributed by atoms with E-state index in [2.05, 4.69) is 23.1 Å². The number of primary amides is 1. The van der Waals surface area contributed by atoms with Gasteiger partial charge in [-0.15, -0.1) is 0 Å². The second-order valence-corrected chi connectivity index (χ2v) is 8.98. The van der Waals surface area contributed by atoms with Crippen LogP contribution >= 0.6 is 0 Å². The van der Waals surface area contributed by atoms with E-state index >= 15 is 0 Å². The topological polar surface area (TPSA) is 55.6 Å². The Hall–Kier alpha value is -3.11. The highest BCUT2D eigenvalue weighted by atomic mass is 16.5. The minimum atomic E-state index is -0.821. The number of hydrogen-bond donors (Lipinski definition) is 1. The molecule has 3 aromatic carbocycles. The van der Waals surface area contributed by atoms with Gasteiger partial charge in [-0.2, -0.15) is 0 Å². The van der Waals surface area contributed by atoms with Crippen LogP contribution in [0, 0.1) is 5.92 Å². The lowest BCUT2D eigenvalue weighted by molar-refractivity contribution is -0.123. The van der Waals surface area contributed by atoms with E-state index in [-0.39, 0.29) is 11.8 Å². The van der Waals surface area contributed by atoms with Crippen molar-refractivity contribution in [1.29, 1.82) is 0 Å². The number of fused-ring (bicyclic) bond motifs is 1. The molecule has 0 aromatic heterocycles. The first-order valence-corrected chi connectivity index (χ1v) is 11.6. The van der Waals surface area contributed by atoms with Crippen LogP contribution in [0.1, 0.15) is 28.7 Å². The zero-order valence-corrected chi connectivity index (χ0v) is 18.4. The molecule has 3 aromatic rings. The van der Waals surface area contributed by atoms with Crippen molar-refractivity contribution in [2.75, 3.05) is 26.2 Å². The van der Waals surface area contributed by atoms with Crippen molar-refractivity contribution in [2.24, 2.45) is 11.7 Å². The highest BCUT2D eigenvalue weighted by Crippen LogP contribution is 2.43. The molecule has 32 heavy (non-hydrogen) atoms. The molecule has 0 aliphatic carbocycles. The van der Waals surface area contributed by atoms with Crippen molar-refractivity contribution in [3.63, 3.8) is 0 Å². The monoisotopic (exact) mass is 426 g/mol. The van der Waals surface area contributed by atoms with Gasteiger partial charge in [-0.1, -0.05) is 72.8 Å². The van der Waals surface area contributed by atoms with Crippen LogP contribution in [0.15, 0.2) is 78.9 Å². The summed E-state index contributed by atoms with van der Waals surface area (Å²) < 4.78 is 5.73. The van der Waals surface area contributed by atoms with Crippen LogP contribution in [-0.4, -0.2) is 37.0 Å². The van der Waals surface area contributed by atoms with Crippen molar-refractivity contribution in [2.45, 2.75) is 24.7 Å². The van der Waals surface area contributed by atoms with Crippen LogP contribution in [0.3, 0.4) is 0 Å². The normalized spacial score (nSPS) is 18.3. The molecule has 1 atom stereocenters. The molecule has 4 nitrogen and oxygen atoms in total. The summed E-state index contributed by atoms with van der Waals surface area (Å²) in [6.07, 6.45) is 2.93. The standard InChI is InChI=1S/C28H30N2O2/c29-27(31)28(23-7-3-1-4-8-23,24-9-5-2-6-10-24)25-14-17-30(20-25)16-13-21-11-12-22-15-18-32-26(22)19-21/h1-12,19,25H,13-18,20H2,(H2,29,31). The molecule has 1 saturated heterocycles. The fourth-order valence-electron chi connectivity index (χ4n) is 5.57. The van der Waals surface area contributed by atoms with Crippen molar-refractivity contribution in [1.82, 2.24) is 4.90 Å². The summed E-state index contributed by atoms with van der Waals surface area (Å²) in [7, 11) is 0. The molecule has 164 valence electrons. The quantitative estimate of drug-likeness (QED) is 0.622. The van der Waals surface area contributed by atoms with Crippen LogP contribution < -0.4 is 10.5 Å². The number of amides is 1. The van der Waals surface area contributed by atoms with Gasteiger partial charge in [0.25, 0.3) is 0 Å². The average Bonchev–Trinajstić information content (AvgIpc) is 3.49. The minimum absolute atomic E-state index is 0.133. The molecule has 2 N–H and O–H groups in total. The molecule has 0 radical (unpaired) electrons. The van der Waals surface area contributed by atoms with E-state index in [1.165, 1.54) is 11.1 Å². The van der Waals surface area contributed by atoms with Crippen LogP contribution in [0.25, 0.3) is 0 Å². The fraction of sp³-hybridized carbons (Fsp3) is 0.321. The molecule has 2 aliphatic heterocycles. The number of ether oxygens (including phenoxy) is 1. The van der Waals surface area contributed by atoms with E-state index in [9.17, 15) is 4.79 Å². The first kappa shape index (κ1) is 20.8. The third-order valence-electron chi connectivity index (χ3n) is 7.21. The molecular weight excluding hydrogens is 396 g/mol. The van der Waals surface area contributed by atoms with Gasteiger partial charge >= 0.3 is 0 Å². The molecule has 0 bridgehead atoms. The molecule has 4 heteroatoms. The van der Waals surface area contributed by atoms with Crippen molar-refractivity contribution in [3.8, 4) is 5.75 Å². The Morgan fingerprint density at radius 2 is 1.69 bits per heavy atom. The Kier molecular flexibility index (Phi) is 5.71. The van der Waals surface area contributed by atoms with Gasteiger partial charge in [0.05, 0.1) is 6.61 Å². The van der Waals surface area contributed by atoms with Gasteiger partial charge in [0.15, 0.2) is 0 Å². The Morgan fingerprint density at radius 1 is 1.00 bits per heavy atom. The highest BCUT2D eigenvalue weighted by Gasteiger charge is 2.49. The van der Waals surface area contributed by atoms with E-state index in [0.29, 0.717) is 0 Å². The summed E-state index contributed by atoms with van der Waals surface area (Å²) in [6.45, 7) is 3.59. The molecule has 1 unspecified atom stereocenters. The Balaban J connectivity index is 1.38. The van der Waals surface area contributed by atoms with Crippen molar-refractivity contribution in [3.05, 3.63) is 101 Å². The summed E-state index contributed by atoms with van der Waals surface area (Å²) in [5, 5.41) is 0. The Labute approximate surface area is 190 Å². The molecule has 0 saturated carbocycles. The van der Waals surface area contributed by atoms with Crippen LogP contribution in [0.5, 0.6) is 5.75 Å². The maximum atomic E-state index is 13.2. The van der Waals surface area contributed by atoms with Gasteiger partial charge in [0, 0.05) is 19.5 Å². The molecule has 2 heterocycles. The van der Waals surface area contributed by atoms with E-state index in [0.717, 1.165) is 62.4 Å². The maximum Gasteiger partial charge on any atom is 0.232 e. The lowest BCUT2D eigenvalue weighted by Crippen LogP contribution is -2.49. The summed E-state index contributed by atoms with van der Waals surface area (Å²) >= 11 is 0. The molecule has 5 rings (SSSR count). The molecule has 2 aliphatic rings. The number of nitrogens with zero attached hydrogens (tertiary/aromatic N) is 1. The van der Waals surface area contributed by atoms with Gasteiger partial charge in [-0.25, -0.2) is 0 Å². The summed E-state index contributed by atoms with van der Waals surface area (Å²) in [4.78, 5) is 15.7. The fourth-order valence-corrected chi connectivity index (χ4v) is 5.57. The van der Waals surface area contributed by atoms with E-state index < -0.39 is 5.41 Å². The van der Waals surface area contributed by atoms with E-state index in [1.807, 2.05) is 60.7 Å². The largest absolute Gasteiger partial charge is 0.493 e. The van der Waals surface area contributed by atoms with Crippen LogP contribution in [-0.2, 0) is 23.1 Å². The molecule has 0 spiro atoms. The number of hydrogen-bond acceptors (Lipinski definition) is 3. The molecule has 1 amide bonds. The molecule has 1 fully saturated rings. The average molecular weight is 427 g/mol. The number of carbonyl (C=O) groups excluding carboxylic acids is 1. The number of rotatable bonds is 7. The van der Waals surface area contributed by atoms with Gasteiger partial charge in [0.1, 0.15) is 11.2 Å². The first-order chi connectivity index (χ1) is 15.7. The second kappa shape index (κ2) is 8.79. The van der Waals surface area contributed by atoms with E-state index in [1.54, 1.807) is 0 Å². The zero-order chi connectivity index (χ0) is 22.0. The van der Waals surface area contributed by atoms with E-state index in [4.69, 9.17) is 10.5 Å². The summed E-state index contributed by atoms with van der Waals surface area (Å²) in [5.74, 6) is 0.911. The second-order valence-electron chi connectivity index (χ2n) is 8.98. The Morgan fingerprint density at radius 3 is 2.34 bits per heavy atom. The molecular formula is C28H30N2O2. The lowest BCUT2D eigenvalue weighted by atomic mass is 9.64. The summed E-state index contributed by atoms with van der Waals surface area (Å²) in [6, 6.07) is 26.8. The third-order valence-corrected chi connectivity index (χ3v) is 7.21. The van der Waals surface area contributed by atoms with Gasteiger partial charge < -0.3 is 15.4 Å². The smallest absolute Gasteiger partial charge is 0.232 e. The number of benzene rings is 3. The predicted molar refractivity (Wildman–Crippen MR) is 127 cm³/mol. The Bertz CT molecular complexity index is 1040. The summed E-state index contributed by atoms with van der Waals surface area (Å²) in [5.41, 5.74) is 9.98. The number of carbonyl (C=O) groups is 1. The van der Waals surface area contributed by atoms with Gasteiger partial charge in [0.2, 0.25) is 5.91 Å². The maximum absolute atomic E-state index is 13.2. The van der Waals surface area contributed by atoms with Crippen LogP contribution in [0.2, 0.25) is 0 Å². The predicted octanol–water partition coefficient (Wildman–Crippen LogP) is 3.96. The van der Waals surface area contributed by atoms with Gasteiger partial charge in [-0.05, 0) is 53.6 Å². The van der Waals surface area contributed by atoms with Gasteiger partial charge in [-0.3, -0.25) is 4.79 Å². The van der Waals surface area contributed by atoms with Crippen molar-refractivity contribution >= 4 is 5.91 Å². The lowest BCUT2D eigenvalue weighted by Gasteiger charge is -2.37. The minimum Gasteiger partial charge on any atom is -0.493 e. The zero-order valence-electron chi connectivity index (χ0n) is 18.4. The van der Waals surface area contributed by atoms with Crippen LogP contribution in [0.4, 0.5) is 0 Å². The first-order valence-electron chi connectivity index (χ1n) is 11.6. The van der Waals surface area contributed by atoms with Crippen molar-refractivity contribution < 1.29 is 9.53 Å². The number of likely N-dealkylation sites (tertiary alicyclic amines) is 1. The third kappa shape index (κ3) is 3.69. The number of nitrogens with two attached hydrogens (primary N) is 1. The highest BCUT2D eigenvalue weighted by molar-refractivity contribution is 5.91.